The van der Waals surface area contributed by atoms with E-state index in [-0.39, 0.29) is 11.3 Å². The fraction of sp³-hybridized carbons (Fsp3) is 0.444. The quantitative estimate of drug-likeness (QED) is 0.376. The molecule has 1 aliphatic heterocycles. The van der Waals surface area contributed by atoms with Gasteiger partial charge in [0.1, 0.15) is 35.7 Å². The highest BCUT2D eigenvalue weighted by atomic mass is 32.3. The van der Waals surface area contributed by atoms with Crippen LogP contribution in [0.3, 0.4) is 0 Å². The first-order chi connectivity index (χ1) is 14.5. The average molecular weight is 459 g/mol. The van der Waals surface area contributed by atoms with Crippen LogP contribution in [-0.4, -0.2) is 66.9 Å². The molecule has 0 saturated carbocycles. The zero-order valence-electron chi connectivity index (χ0n) is 16.4. The fourth-order valence-corrected chi connectivity index (χ4v) is 3.81. The van der Waals surface area contributed by atoms with E-state index in [0.29, 0.717) is 10.9 Å². The number of aryl methyl sites for hydroxylation is 1. The fourth-order valence-electron chi connectivity index (χ4n) is 3.12. The molecule has 0 aliphatic carbocycles. The predicted molar refractivity (Wildman–Crippen MR) is 103 cm³/mol. The molecule has 4 N–H and O–H groups in total. The number of nitrogens with one attached hydrogen (secondary N) is 1. The molecule has 1 fully saturated rings. The lowest BCUT2D eigenvalue weighted by molar-refractivity contribution is -0.252. The van der Waals surface area contributed by atoms with Crippen LogP contribution in [0.15, 0.2) is 33.5 Å². The number of aliphatic hydroxyl groups excluding tert-OH is 3. The molecule has 1 amide bonds. The van der Waals surface area contributed by atoms with E-state index in [2.05, 4.69) is 9.50 Å². The van der Waals surface area contributed by atoms with E-state index in [1.54, 1.807) is 6.92 Å². The van der Waals surface area contributed by atoms with Gasteiger partial charge in [0.25, 0.3) is 0 Å². The third kappa shape index (κ3) is 5.39. The van der Waals surface area contributed by atoms with Crippen LogP contribution in [0.1, 0.15) is 12.5 Å². The molecule has 3 rings (SSSR count). The summed E-state index contributed by atoms with van der Waals surface area (Å²) in [6.45, 7) is 2.03. The highest BCUT2D eigenvalue weighted by Crippen LogP contribution is 2.24. The van der Waals surface area contributed by atoms with Gasteiger partial charge in [-0.05, 0) is 24.6 Å². The van der Waals surface area contributed by atoms with Gasteiger partial charge in [-0.2, -0.15) is 8.42 Å². The second-order valence-electron chi connectivity index (χ2n) is 6.96. The summed E-state index contributed by atoms with van der Waals surface area (Å²) in [5, 5.41) is 32.9. The topological polar surface area (TPSA) is 182 Å². The maximum absolute atomic E-state index is 12.1. The number of carbonyl (C=O) groups is 1. The summed E-state index contributed by atoms with van der Waals surface area (Å²) in [6.07, 6.45) is -6.47. The largest absolute Gasteiger partial charge is 0.449 e. The van der Waals surface area contributed by atoms with Crippen molar-refractivity contribution in [2.75, 3.05) is 6.61 Å². The van der Waals surface area contributed by atoms with Crippen molar-refractivity contribution in [2.45, 2.75) is 44.5 Å². The third-order valence-electron chi connectivity index (χ3n) is 4.59. The molecule has 170 valence electrons. The number of aliphatic hydroxyl groups is 3. The number of hydrogen-bond donors (Lipinski definition) is 4. The minimum absolute atomic E-state index is 0.110. The minimum atomic E-state index is -4.66. The Morgan fingerprint density at radius 1 is 1.19 bits per heavy atom. The SMILES string of the molecule is CC(=O)N[C@@H]1[C@@H](O)[C@@H](O)[C@@H](COS(=O)(=O)Oc2ccc3c(C)cc(=O)oc3c2)O[C@H]1O. The maximum Gasteiger partial charge on any atom is 0.449 e. The van der Waals surface area contributed by atoms with E-state index in [1.165, 1.54) is 24.3 Å². The van der Waals surface area contributed by atoms with Gasteiger partial charge in [-0.3, -0.25) is 4.79 Å². The molecule has 0 unspecified atom stereocenters. The maximum atomic E-state index is 12.1. The molecule has 0 radical (unpaired) electrons. The average Bonchev–Trinajstić information content (AvgIpc) is 2.66. The van der Waals surface area contributed by atoms with E-state index < -0.39 is 59.2 Å². The zero-order valence-corrected chi connectivity index (χ0v) is 17.2. The Labute approximate surface area is 176 Å². The van der Waals surface area contributed by atoms with Crippen LogP contribution < -0.4 is 15.1 Å². The summed E-state index contributed by atoms with van der Waals surface area (Å²) >= 11 is 0. The molecule has 0 spiro atoms. The molecule has 31 heavy (non-hydrogen) atoms. The minimum Gasteiger partial charge on any atom is -0.423 e. The van der Waals surface area contributed by atoms with Crippen molar-refractivity contribution in [1.82, 2.24) is 5.32 Å². The number of amides is 1. The van der Waals surface area contributed by atoms with Gasteiger partial charge < -0.3 is 34.0 Å². The van der Waals surface area contributed by atoms with Crippen LogP contribution in [0.5, 0.6) is 5.75 Å². The van der Waals surface area contributed by atoms with E-state index in [0.717, 1.165) is 6.92 Å². The van der Waals surface area contributed by atoms with Crippen molar-refractivity contribution in [2.24, 2.45) is 0 Å². The van der Waals surface area contributed by atoms with Gasteiger partial charge in [-0.25, -0.2) is 8.98 Å². The summed E-state index contributed by atoms with van der Waals surface area (Å²) in [5.41, 5.74) is 0.133. The molecule has 1 aromatic heterocycles. The molecule has 0 bridgehead atoms. The van der Waals surface area contributed by atoms with E-state index >= 15 is 0 Å². The number of fused-ring (bicyclic) bond motifs is 1. The monoisotopic (exact) mass is 459 g/mol. The van der Waals surface area contributed by atoms with Gasteiger partial charge in [-0.1, -0.05) is 0 Å². The number of hydrogen-bond acceptors (Lipinski definition) is 11. The standard InChI is InChI=1S/C18H21NO11S/c1-8-5-14(21)28-12-6-10(3-4-11(8)12)30-31(25,26)27-7-13-16(22)17(23)15(18(24)29-13)19-9(2)20/h3-6,13,15-18,22-24H,7H2,1-2H3,(H,19,20)/t13-,15-,16+,17-,18-/m1/s1. The van der Waals surface area contributed by atoms with Gasteiger partial charge in [0.15, 0.2) is 6.29 Å². The molecule has 1 saturated heterocycles. The molecule has 2 heterocycles. The molecule has 1 aromatic carbocycles. The number of carbonyl (C=O) groups excluding carboxylic acids is 1. The zero-order chi connectivity index (χ0) is 22.9. The first-order valence-corrected chi connectivity index (χ1v) is 10.4. The van der Waals surface area contributed by atoms with Crippen LogP contribution >= 0.6 is 0 Å². The Hall–Kier alpha value is -2.55. The summed E-state index contributed by atoms with van der Waals surface area (Å²) in [4.78, 5) is 22.6. The number of benzene rings is 1. The van der Waals surface area contributed by atoms with Gasteiger partial charge in [0.05, 0.1) is 6.61 Å². The normalized spacial score (nSPS) is 26.5. The summed E-state index contributed by atoms with van der Waals surface area (Å²) in [5.74, 6) is -0.775. The Balaban J connectivity index is 1.67. The lowest BCUT2D eigenvalue weighted by atomic mass is 9.97. The van der Waals surface area contributed by atoms with Gasteiger partial charge >= 0.3 is 16.0 Å². The van der Waals surface area contributed by atoms with Crippen molar-refractivity contribution < 1.29 is 46.1 Å². The first kappa shape index (κ1) is 23.1. The first-order valence-electron chi connectivity index (χ1n) is 9.07. The predicted octanol–water partition coefficient (Wildman–Crippen LogP) is -1.31. The number of ether oxygens (including phenoxy) is 1. The van der Waals surface area contributed by atoms with Crippen molar-refractivity contribution >= 4 is 27.3 Å². The highest BCUT2D eigenvalue weighted by Gasteiger charge is 2.45. The smallest absolute Gasteiger partial charge is 0.423 e. The van der Waals surface area contributed by atoms with Crippen molar-refractivity contribution in [1.29, 1.82) is 0 Å². The van der Waals surface area contributed by atoms with Crippen molar-refractivity contribution in [3.63, 3.8) is 0 Å². The van der Waals surface area contributed by atoms with Crippen LogP contribution in [0.2, 0.25) is 0 Å². The van der Waals surface area contributed by atoms with Gasteiger partial charge in [0.2, 0.25) is 5.91 Å². The molecule has 12 nitrogen and oxygen atoms in total. The molecular weight excluding hydrogens is 438 g/mol. The lowest BCUT2D eigenvalue weighted by Gasteiger charge is -2.40. The summed E-state index contributed by atoms with van der Waals surface area (Å²) in [6, 6.07) is 4.00. The molecule has 5 atom stereocenters. The molecule has 13 heteroatoms. The van der Waals surface area contributed by atoms with Crippen LogP contribution in [0, 0.1) is 6.92 Å². The second-order valence-corrected chi connectivity index (χ2v) is 8.17. The second kappa shape index (κ2) is 8.90. The van der Waals surface area contributed by atoms with Crippen molar-refractivity contribution in [3.05, 3.63) is 40.2 Å². The van der Waals surface area contributed by atoms with Crippen molar-refractivity contribution in [3.8, 4) is 5.75 Å². The Bertz CT molecular complexity index is 1130. The third-order valence-corrected chi connectivity index (χ3v) is 5.41. The summed E-state index contributed by atoms with van der Waals surface area (Å²) in [7, 11) is -4.66. The molecule has 2 aromatic rings. The van der Waals surface area contributed by atoms with Crippen LogP contribution in [0.25, 0.3) is 11.0 Å². The van der Waals surface area contributed by atoms with Crippen LogP contribution in [0.4, 0.5) is 0 Å². The Morgan fingerprint density at radius 2 is 1.90 bits per heavy atom. The number of rotatable bonds is 6. The lowest BCUT2D eigenvalue weighted by Crippen LogP contribution is -2.64. The van der Waals surface area contributed by atoms with E-state index in [4.69, 9.17) is 13.3 Å². The van der Waals surface area contributed by atoms with Gasteiger partial charge in [-0.15, -0.1) is 0 Å². The molecular formula is C18H21NO11S. The summed E-state index contributed by atoms with van der Waals surface area (Å²) < 4.78 is 43.8. The van der Waals surface area contributed by atoms with E-state index in [1.807, 2.05) is 0 Å². The Kier molecular flexibility index (Phi) is 6.64. The molecule has 1 aliphatic rings. The van der Waals surface area contributed by atoms with E-state index in [9.17, 15) is 33.3 Å². The highest BCUT2D eigenvalue weighted by molar-refractivity contribution is 7.82. The van der Waals surface area contributed by atoms with Crippen LogP contribution in [-0.2, 0) is 24.1 Å². The Morgan fingerprint density at radius 3 is 2.58 bits per heavy atom. The van der Waals surface area contributed by atoms with Gasteiger partial charge in [0, 0.05) is 24.4 Å².